The number of ether oxygens (including phenoxy) is 2. The van der Waals surface area contributed by atoms with Gasteiger partial charge >= 0.3 is 0 Å². The average Bonchev–Trinajstić information content (AvgIpc) is 2.90. The quantitative estimate of drug-likeness (QED) is 0.209. The smallest absolute Gasteiger partial charge is 0.127 e. The minimum atomic E-state index is -0.683. The van der Waals surface area contributed by atoms with E-state index in [1.54, 1.807) is 14.2 Å². The Labute approximate surface area is 234 Å². The molecular weight excluding hydrogens is 495 g/mol. The summed E-state index contributed by atoms with van der Waals surface area (Å²) in [5, 5.41) is 6.33. The molecule has 5 rings (SSSR count). The van der Waals surface area contributed by atoms with E-state index >= 15 is 0 Å². The molecule has 0 aliphatic carbocycles. The molecule has 0 unspecified atom stereocenters. The van der Waals surface area contributed by atoms with E-state index in [1.807, 2.05) is 0 Å². The first-order valence-corrected chi connectivity index (χ1v) is 15.0. The van der Waals surface area contributed by atoms with Crippen molar-refractivity contribution in [2.75, 3.05) is 14.2 Å². The molecule has 0 aliphatic rings. The molecule has 0 aromatic heterocycles. The zero-order valence-electron chi connectivity index (χ0n) is 24.4. The Bertz CT molecular complexity index is 1530. The lowest BCUT2D eigenvalue weighted by Crippen LogP contribution is -2.33. The van der Waals surface area contributed by atoms with Gasteiger partial charge in [0.05, 0.1) is 14.2 Å². The molecule has 0 heterocycles. The van der Waals surface area contributed by atoms with E-state index in [1.165, 1.54) is 38.0 Å². The lowest BCUT2D eigenvalue weighted by atomic mass is 9.92. The van der Waals surface area contributed by atoms with Crippen molar-refractivity contribution in [3.8, 4) is 33.8 Å². The van der Waals surface area contributed by atoms with E-state index in [9.17, 15) is 0 Å². The standard InChI is InChI=1S/C36H39O2P/c1-35(2,3)39(36(4,5)6)34-28(32-26-16-11-9-14-24(26)20-22-30(32)37-7)18-13-19-29(34)33-27-17-12-10-15-25(27)21-23-31(33)38-8/h9-23H,1-8H3. The van der Waals surface area contributed by atoms with Crippen LogP contribution in [0.2, 0.25) is 0 Å². The van der Waals surface area contributed by atoms with Gasteiger partial charge in [-0.05, 0) is 60.4 Å². The van der Waals surface area contributed by atoms with E-state index in [4.69, 9.17) is 9.47 Å². The molecule has 39 heavy (non-hydrogen) atoms. The Hall–Kier alpha value is -3.35. The summed E-state index contributed by atoms with van der Waals surface area (Å²) in [6, 6.07) is 32.6. The fourth-order valence-electron chi connectivity index (χ4n) is 6.26. The van der Waals surface area contributed by atoms with Gasteiger partial charge in [0.15, 0.2) is 0 Å². The van der Waals surface area contributed by atoms with Crippen LogP contribution in [0.4, 0.5) is 0 Å². The number of methoxy groups -OCH3 is 2. The van der Waals surface area contributed by atoms with Crippen molar-refractivity contribution in [2.45, 2.75) is 51.9 Å². The number of benzene rings is 5. The molecule has 0 saturated carbocycles. The third kappa shape index (κ3) is 4.92. The van der Waals surface area contributed by atoms with Crippen LogP contribution >= 0.6 is 7.92 Å². The van der Waals surface area contributed by atoms with Crippen molar-refractivity contribution in [3.05, 3.63) is 91.0 Å². The van der Waals surface area contributed by atoms with Crippen LogP contribution in [0.5, 0.6) is 11.5 Å². The van der Waals surface area contributed by atoms with Gasteiger partial charge in [0.1, 0.15) is 11.5 Å². The Morgan fingerprint density at radius 3 is 1.28 bits per heavy atom. The highest BCUT2D eigenvalue weighted by Crippen LogP contribution is 2.62. The number of hydrogen-bond acceptors (Lipinski definition) is 2. The van der Waals surface area contributed by atoms with Crippen molar-refractivity contribution < 1.29 is 9.47 Å². The third-order valence-corrected chi connectivity index (χ3v) is 11.0. The summed E-state index contributed by atoms with van der Waals surface area (Å²) in [7, 11) is 2.87. The molecule has 0 fully saturated rings. The van der Waals surface area contributed by atoms with E-state index in [2.05, 4.69) is 133 Å². The second-order valence-corrected chi connectivity index (χ2v) is 15.9. The van der Waals surface area contributed by atoms with Crippen LogP contribution in [0.25, 0.3) is 43.8 Å². The van der Waals surface area contributed by atoms with Crippen molar-refractivity contribution >= 4 is 34.8 Å². The lowest BCUT2D eigenvalue weighted by molar-refractivity contribution is 0.417. The molecule has 5 aromatic rings. The molecule has 200 valence electrons. The van der Waals surface area contributed by atoms with Crippen LogP contribution in [0.3, 0.4) is 0 Å². The highest BCUT2D eigenvalue weighted by Gasteiger charge is 2.39. The van der Waals surface area contributed by atoms with Crippen LogP contribution in [0, 0.1) is 0 Å². The van der Waals surface area contributed by atoms with Crippen molar-refractivity contribution in [2.24, 2.45) is 0 Å². The number of hydrogen-bond donors (Lipinski definition) is 0. The van der Waals surface area contributed by atoms with Gasteiger partial charge in [0, 0.05) is 11.1 Å². The molecule has 0 N–H and O–H groups in total. The summed E-state index contributed by atoms with van der Waals surface area (Å²) in [5.41, 5.74) is 4.81. The van der Waals surface area contributed by atoms with Crippen molar-refractivity contribution in [1.29, 1.82) is 0 Å². The minimum absolute atomic E-state index is 0.0497. The molecule has 0 spiro atoms. The molecule has 2 nitrogen and oxygen atoms in total. The molecule has 0 amide bonds. The maximum absolute atomic E-state index is 6.06. The zero-order chi connectivity index (χ0) is 27.9. The average molecular weight is 535 g/mol. The highest BCUT2D eigenvalue weighted by atomic mass is 31.1. The molecule has 0 saturated heterocycles. The van der Waals surface area contributed by atoms with Crippen LogP contribution in [0.1, 0.15) is 41.5 Å². The zero-order valence-corrected chi connectivity index (χ0v) is 25.3. The minimum Gasteiger partial charge on any atom is -0.496 e. The van der Waals surface area contributed by atoms with E-state index in [-0.39, 0.29) is 10.3 Å². The second kappa shape index (κ2) is 10.3. The van der Waals surface area contributed by atoms with Gasteiger partial charge in [0.2, 0.25) is 0 Å². The van der Waals surface area contributed by atoms with Crippen LogP contribution < -0.4 is 14.8 Å². The van der Waals surface area contributed by atoms with Crippen molar-refractivity contribution in [3.63, 3.8) is 0 Å². The summed E-state index contributed by atoms with van der Waals surface area (Å²) in [5.74, 6) is 1.80. The molecule has 0 atom stereocenters. The van der Waals surface area contributed by atoms with Gasteiger partial charge in [-0.3, -0.25) is 0 Å². The highest BCUT2D eigenvalue weighted by molar-refractivity contribution is 7.69. The molecule has 0 radical (unpaired) electrons. The van der Waals surface area contributed by atoms with Crippen molar-refractivity contribution in [1.82, 2.24) is 0 Å². The van der Waals surface area contributed by atoms with Gasteiger partial charge in [-0.1, -0.05) is 128 Å². The summed E-state index contributed by atoms with van der Waals surface area (Å²) in [6.45, 7) is 14.4. The predicted octanol–water partition coefficient (Wildman–Crippen LogP) is 10.0. The van der Waals surface area contributed by atoms with Gasteiger partial charge in [-0.2, -0.15) is 0 Å². The fraction of sp³-hybridized carbons (Fsp3) is 0.278. The topological polar surface area (TPSA) is 18.5 Å². The second-order valence-electron chi connectivity index (χ2n) is 12.1. The maximum Gasteiger partial charge on any atom is 0.127 e. The van der Waals surface area contributed by atoms with Gasteiger partial charge in [-0.25, -0.2) is 0 Å². The van der Waals surface area contributed by atoms with Crippen LogP contribution in [0.15, 0.2) is 91.0 Å². The first-order chi connectivity index (χ1) is 18.6. The summed E-state index contributed by atoms with van der Waals surface area (Å²) >= 11 is 0. The van der Waals surface area contributed by atoms with Crippen LogP contribution in [-0.2, 0) is 0 Å². The van der Waals surface area contributed by atoms with E-state index < -0.39 is 7.92 Å². The number of rotatable bonds is 5. The third-order valence-electron chi connectivity index (χ3n) is 7.36. The van der Waals surface area contributed by atoms with E-state index in [0.717, 1.165) is 22.6 Å². The normalized spacial score (nSPS) is 12.3. The molecule has 0 aliphatic heterocycles. The van der Waals surface area contributed by atoms with E-state index in [0.29, 0.717) is 0 Å². The van der Waals surface area contributed by atoms with Crippen LogP contribution in [-0.4, -0.2) is 24.5 Å². The fourth-order valence-corrected chi connectivity index (χ4v) is 10.5. The lowest BCUT2D eigenvalue weighted by Gasteiger charge is -2.44. The SMILES string of the molecule is COc1ccc2ccccc2c1-c1cccc(-c2c(OC)ccc3ccccc23)c1P(C(C)(C)C)C(C)(C)C. The maximum atomic E-state index is 6.06. The summed E-state index contributed by atoms with van der Waals surface area (Å²) in [4.78, 5) is 0. The van der Waals surface area contributed by atoms with Gasteiger partial charge in [-0.15, -0.1) is 0 Å². The summed E-state index contributed by atoms with van der Waals surface area (Å²) in [6.07, 6.45) is 0. The molecule has 5 aromatic carbocycles. The monoisotopic (exact) mass is 534 g/mol. The van der Waals surface area contributed by atoms with Gasteiger partial charge < -0.3 is 9.47 Å². The first-order valence-electron chi connectivity index (χ1n) is 13.6. The largest absolute Gasteiger partial charge is 0.496 e. The molecule has 3 heteroatoms. The Balaban J connectivity index is 2.01. The Morgan fingerprint density at radius 1 is 0.487 bits per heavy atom. The molecular formula is C36H39O2P. The predicted molar refractivity (Wildman–Crippen MR) is 171 cm³/mol. The molecule has 0 bridgehead atoms. The first kappa shape index (κ1) is 27.2. The Morgan fingerprint density at radius 2 is 0.897 bits per heavy atom. The Kier molecular flexibility index (Phi) is 7.21. The number of fused-ring (bicyclic) bond motifs is 2. The summed E-state index contributed by atoms with van der Waals surface area (Å²) < 4.78 is 12.1. The van der Waals surface area contributed by atoms with Gasteiger partial charge in [0.25, 0.3) is 0 Å².